The molecule has 39 heavy (non-hydrogen) atoms. The third-order valence-corrected chi connectivity index (χ3v) is 6.02. The van der Waals surface area contributed by atoms with Crippen LogP contribution in [0.4, 0.5) is 11.4 Å². The molecule has 0 unspecified atom stereocenters. The Bertz CT molecular complexity index is 1490. The Morgan fingerprint density at radius 1 is 1.21 bits per heavy atom. The van der Waals surface area contributed by atoms with Crippen LogP contribution in [0.2, 0.25) is 0 Å². The number of nitro benzene ring substituents is 2. The summed E-state index contributed by atoms with van der Waals surface area (Å²) in [4.78, 5) is 37.0. The van der Waals surface area contributed by atoms with Crippen molar-refractivity contribution in [1.82, 2.24) is 10.4 Å². The fourth-order valence-electron chi connectivity index (χ4n) is 3.16. The molecule has 200 valence electrons. The van der Waals surface area contributed by atoms with Gasteiger partial charge < -0.3 is 14.2 Å². The van der Waals surface area contributed by atoms with E-state index in [4.69, 9.17) is 14.2 Å². The second kappa shape index (κ2) is 13.0. The lowest BCUT2D eigenvalue weighted by molar-refractivity contribution is -0.394. The minimum Gasteiger partial charge on any atom is -0.467 e. The van der Waals surface area contributed by atoms with E-state index in [-0.39, 0.29) is 29.5 Å². The quantitative estimate of drug-likeness (QED) is 0.189. The van der Waals surface area contributed by atoms with Gasteiger partial charge in [0, 0.05) is 23.2 Å². The number of methoxy groups -OCH3 is 1. The molecule has 1 heterocycles. The number of hydrogen-bond donors (Lipinski definition) is 1. The molecule has 1 amide bonds. The van der Waals surface area contributed by atoms with Gasteiger partial charge in [-0.1, -0.05) is 0 Å². The molecule has 15 heteroatoms. The molecular weight excluding hydrogens is 580 g/mol. The van der Waals surface area contributed by atoms with Gasteiger partial charge in [0.1, 0.15) is 17.4 Å². The molecule has 14 nitrogen and oxygen atoms in total. The summed E-state index contributed by atoms with van der Waals surface area (Å²) in [5.41, 5.74) is 3.13. The molecule has 2 aromatic carbocycles. The number of pyridine rings is 1. The van der Waals surface area contributed by atoms with Gasteiger partial charge in [0.15, 0.2) is 6.61 Å². The minimum absolute atomic E-state index is 0.00627. The molecule has 0 aliphatic carbocycles. The number of nitrogens with zero attached hydrogens (tertiary/aromatic N) is 5. The Morgan fingerprint density at radius 2 is 1.92 bits per heavy atom. The fourth-order valence-corrected chi connectivity index (χ4v) is 3.56. The molecule has 0 aliphatic rings. The number of aryl methyl sites for hydroxylation is 1. The number of rotatable bonds is 11. The van der Waals surface area contributed by atoms with Gasteiger partial charge in [-0.25, -0.2) is 10.4 Å². The average Bonchev–Trinajstić information content (AvgIpc) is 2.91. The highest BCUT2D eigenvalue weighted by Crippen LogP contribution is 2.34. The highest BCUT2D eigenvalue weighted by atomic mass is 79.9. The van der Waals surface area contributed by atoms with Gasteiger partial charge in [0.25, 0.3) is 11.6 Å². The molecule has 0 atom stereocenters. The van der Waals surface area contributed by atoms with Crippen LogP contribution in [0.1, 0.15) is 22.4 Å². The summed E-state index contributed by atoms with van der Waals surface area (Å²) in [5.74, 6) is -0.534. The van der Waals surface area contributed by atoms with Crippen LogP contribution < -0.4 is 14.9 Å². The molecule has 3 rings (SSSR count). The van der Waals surface area contributed by atoms with E-state index in [9.17, 15) is 30.3 Å². The number of benzene rings is 2. The van der Waals surface area contributed by atoms with Crippen LogP contribution in [-0.2, 0) is 16.1 Å². The molecule has 0 radical (unpaired) electrons. The average molecular weight is 599 g/mol. The lowest BCUT2D eigenvalue weighted by Crippen LogP contribution is -2.25. The summed E-state index contributed by atoms with van der Waals surface area (Å²) in [6, 6.07) is 11.2. The van der Waals surface area contributed by atoms with Crippen LogP contribution in [-0.4, -0.2) is 40.7 Å². The van der Waals surface area contributed by atoms with Gasteiger partial charge in [-0.3, -0.25) is 25.0 Å². The van der Waals surface area contributed by atoms with E-state index in [1.165, 1.54) is 25.5 Å². The van der Waals surface area contributed by atoms with Gasteiger partial charge in [0.2, 0.25) is 11.6 Å². The molecule has 0 saturated heterocycles. The molecule has 0 spiro atoms. The summed E-state index contributed by atoms with van der Waals surface area (Å²) in [6.07, 6.45) is 1.34. The summed E-state index contributed by atoms with van der Waals surface area (Å²) in [5, 5.41) is 35.5. The number of ether oxygens (including phenoxy) is 3. The number of nitro groups is 2. The Labute approximate surface area is 229 Å². The summed E-state index contributed by atoms with van der Waals surface area (Å²) < 4.78 is 16.7. The van der Waals surface area contributed by atoms with Crippen molar-refractivity contribution in [3.8, 4) is 23.4 Å². The van der Waals surface area contributed by atoms with Crippen LogP contribution >= 0.6 is 15.9 Å². The van der Waals surface area contributed by atoms with E-state index in [2.05, 4.69) is 31.4 Å². The summed E-state index contributed by atoms with van der Waals surface area (Å²) in [7, 11) is 1.49. The first kappa shape index (κ1) is 28.6. The minimum atomic E-state index is -0.774. The van der Waals surface area contributed by atoms with Crippen LogP contribution in [0.15, 0.2) is 52.0 Å². The highest BCUT2D eigenvalue weighted by Gasteiger charge is 2.21. The van der Waals surface area contributed by atoms with E-state index in [0.717, 1.165) is 18.2 Å². The van der Waals surface area contributed by atoms with Gasteiger partial charge >= 0.3 is 5.69 Å². The molecular formula is C24H19BrN6O8. The van der Waals surface area contributed by atoms with Gasteiger partial charge in [0.05, 0.1) is 34.4 Å². The van der Waals surface area contributed by atoms with Crippen LogP contribution in [0.3, 0.4) is 0 Å². The van der Waals surface area contributed by atoms with E-state index in [1.54, 1.807) is 19.1 Å². The van der Waals surface area contributed by atoms with Gasteiger partial charge in [-0.2, -0.15) is 10.4 Å². The number of non-ortho nitro benzene ring substituents is 1. The van der Waals surface area contributed by atoms with Gasteiger partial charge in [-0.15, -0.1) is 0 Å². The van der Waals surface area contributed by atoms with Gasteiger partial charge in [-0.05, 0) is 58.7 Å². The smallest absolute Gasteiger partial charge is 0.318 e. The normalized spacial score (nSPS) is 10.6. The van der Waals surface area contributed by atoms with Crippen molar-refractivity contribution < 1.29 is 28.9 Å². The Hall–Kier alpha value is -4.94. The zero-order valence-electron chi connectivity index (χ0n) is 20.4. The van der Waals surface area contributed by atoms with Crippen LogP contribution in [0.5, 0.6) is 17.4 Å². The maximum Gasteiger partial charge on any atom is 0.318 e. The first-order chi connectivity index (χ1) is 18.6. The second-order valence-corrected chi connectivity index (χ2v) is 8.43. The van der Waals surface area contributed by atoms with Crippen molar-refractivity contribution in [1.29, 1.82) is 5.26 Å². The number of aromatic nitrogens is 1. The zero-order chi connectivity index (χ0) is 28.5. The Kier molecular flexibility index (Phi) is 9.57. The maximum atomic E-state index is 12.2. The van der Waals surface area contributed by atoms with E-state index in [0.29, 0.717) is 21.3 Å². The second-order valence-electron chi connectivity index (χ2n) is 7.63. The summed E-state index contributed by atoms with van der Waals surface area (Å²) in [6.45, 7) is 1.41. The monoisotopic (exact) mass is 598 g/mol. The third-order valence-electron chi connectivity index (χ3n) is 4.97. The Balaban J connectivity index is 1.60. The molecule has 0 bridgehead atoms. The van der Waals surface area contributed by atoms with Crippen molar-refractivity contribution in [3.05, 3.63) is 89.6 Å². The first-order valence-corrected chi connectivity index (χ1v) is 11.7. The zero-order valence-corrected chi connectivity index (χ0v) is 22.0. The van der Waals surface area contributed by atoms with Crippen molar-refractivity contribution in [2.45, 2.75) is 13.5 Å². The number of hydrogen-bond acceptors (Lipinski definition) is 11. The lowest BCUT2D eigenvalue weighted by atomic mass is 10.1. The molecule has 1 N–H and O–H groups in total. The number of nitriles is 1. The van der Waals surface area contributed by atoms with Crippen molar-refractivity contribution in [2.24, 2.45) is 5.10 Å². The number of halogens is 1. The highest BCUT2D eigenvalue weighted by molar-refractivity contribution is 9.10. The molecule has 0 saturated carbocycles. The molecule has 0 fully saturated rings. The summed E-state index contributed by atoms with van der Waals surface area (Å²) >= 11 is 3.38. The van der Waals surface area contributed by atoms with E-state index < -0.39 is 33.7 Å². The molecule has 0 aliphatic heterocycles. The number of carbonyl (C=O) groups excluding carboxylic acids is 1. The van der Waals surface area contributed by atoms with Crippen LogP contribution in [0.25, 0.3) is 0 Å². The lowest BCUT2D eigenvalue weighted by Gasteiger charge is -2.13. The van der Waals surface area contributed by atoms with E-state index in [1.807, 2.05) is 6.07 Å². The largest absolute Gasteiger partial charge is 0.467 e. The van der Waals surface area contributed by atoms with E-state index >= 15 is 0 Å². The maximum absolute atomic E-state index is 12.2. The Morgan fingerprint density at radius 3 is 2.54 bits per heavy atom. The van der Waals surface area contributed by atoms with Crippen molar-refractivity contribution in [2.75, 3.05) is 13.7 Å². The SMILES string of the molecule is COCc1c(Br)c(C)nc(OCC(=O)N/N=C\c2ccc(Oc3ccc([N+](=O)[O-])cc3[N+](=O)[O-])cc2)c1C#N. The number of hydrazone groups is 1. The van der Waals surface area contributed by atoms with Crippen molar-refractivity contribution in [3.63, 3.8) is 0 Å². The standard InChI is InChI=1S/C24H19BrN6O8/c1-14-23(25)19(12-37-2)18(10-26)24(28-14)38-13-22(32)29-27-11-15-3-6-17(7-4-15)39-21-8-5-16(30(33)34)9-20(21)31(35)36/h3-9,11H,12-13H2,1-2H3,(H,29,32)/b27-11-. The van der Waals surface area contributed by atoms with Crippen LogP contribution in [0, 0.1) is 38.5 Å². The van der Waals surface area contributed by atoms with Crippen molar-refractivity contribution >= 4 is 39.4 Å². The number of amides is 1. The first-order valence-electron chi connectivity index (χ1n) is 10.9. The number of nitrogens with one attached hydrogen (secondary N) is 1. The topological polar surface area (TPSA) is 192 Å². The predicted molar refractivity (Wildman–Crippen MR) is 140 cm³/mol. The predicted octanol–water partition coefficient (Wildman–Crippen LogP) is 4.31. The fraction of sp³-hybridized carbons (Fsp3) is 0.167. The number of carbonyl (C=O) groups is 1. The molecule has 3 aromatic rings. The third kappa shape index (κ3) is 7.31. The molecule has 1 aromatic heterocycles.